The smallest absolute Gasteiger partial charge is 0.131 e. The molecule has 0 saturated carbocycles. The van der Waals surface area contributed by atoms with Gasteiger partial charge in [0.2, 0.25) is 0 Å². The van der Waals surface area contributed by atoms with Crippen molar-refractivity contribution in [1.82, 2.24) is 0 Å². The van der Waals surface area contributed by atoms with Crippen LogP contribution in [0.5, 0.6) is 5.75 Å². The van der Waals surface area contributed by atoms with Crippen molar-refractivity contribution in [1.29, 1.82) is 0 Å². The van der Waals surface area contributed by atoms with Crippen LogP contribution >= 0.6 is 0 Å². The molecule has 0 aromatic heterocycles. The Morgan fingerprint density at radius 1 is 1.50 bits per heavy atom. The van der Waals surface area contributed by atoms with Crippen molar-refractivity contribution in [2.24, 2.45) is 0 Å². The molecule has 1 N–H and O–H groups in total. The zero-order valence-corrected chi connectivity index (χ0v) is 8.25. The highest BCUT2D eigenvalue weighted by atomic mass is 19.1. The predicted molar refractivity (Wildman–Crippen MR) is 50.8 cm³/mol. The van der Waals surface area contributed by atoms with Gasteiger partial charge < -0.3 is 9.84 Å². The molecule has 0 radical (unpaired) electrons. The summed E-state index contributed by atoms with van der Waals surface area (Å²) in [6.45, 7) is 3.34. The number of rotatable bonds is 1. The summed E-state index contributed by atoms with van der Waals surface area (Å²) in [6.07, 6.45) is 0.0836. The van der Waals surface area contributed by atoms with Crippen molar-refractivity contribution in [2.75, 3.05) is 0 Å². The van der Waals surface area contributed by atoms with E-state index >= 15 is 0 Å². The summed E-state index contributed by atoms with van der Waals surface area (Å²) in [5.41, 5.74) is -0.370. The quantitative estimate of drug-likeness (QED) is 0.743. The normalized spacial score (nSPS) is 20.4. The van der Waals surface area contributed by atoms with Gasteiger partial charge in [0.05, 0.1) is 5.60 Å². The SMILES string of the molecule is CC(C)(O)C1Cc2c(F)cccc2O1. The third kappa shape index (κ3) is 1.48. The molecule has 1 aliphatic rings. The van der Waals surface area contributed by atoms with Crippen molar-refractivity contribution in [3.63, 3.8) is 0 Å². The molecule has 0 saturated heterocycles. The van der Waals surface area contributed by atoms with Crippen molar-refractivity contribution in [2.45, 2.75) is 32.0 Å². The Morgan fingerprint density at radius 3 is 2.79 bits per heavy atom. The largest absolute Gasteiger partial charge is 0.487 e. The Labute approximate surface area is 82.3 Å². The molecule has 0 bridgehead atoms. The van der Waals surface area contributed by atoms with Gasteiger partial charge >= 0.3 is 0 Å². The molecule has 1 aromatic rings. The van der Waals surface area contributed by atoms with Crippen LogP contribution in [0.15, 0.2) is 18.2 Å². The van der Waals surface area contributed by atoms with E-state index in [0.717, 1.165) is 0 Å². The molecule has 14 heavy (non-hydrogen) atoms. The summed E-state index contributed by atoms with van der Waals surface area (Å²) in [6, 6.07) is 4.75. The minimum absolute atomic E-state index is 0.255. The third-order valence-electron chi connectivity index (χ3n) is 2.52. The fourth-order valence-electron chi connectivity index (χ4n) is 1.62. The molecular weight excluding hydrogens is 183 g/mol. The van der Waals surface area contributed by atoms with Crippen LogP contribution in [-0.4, -0.2) is 16.8 Å². The lowest BCUT2D eigenvalue weighted by atomic mass is 9.97. The maximum Gasteiger partial charge on any atom is 0.131 e. The molecule has 0 spiro atoms. The van der Waals surface area contributed by atoms with E-state index in [1.54, 1.807) is 26.0 Å². The lowest BCUT2D eigenvalue weighted by molar-refractivity contribution is -0.0229. The zero-order valence-electron chi connectivity index (χ0n) is 8.25. The summed E-state index contributed by atoms with van der Waals surface area (Å²) in [5.74, 6) is 0.298. The van der Waals surface area contributed by atoms with E-state index in [1.165, 1.54) is 6.07 Å². The Balaban J connectivity index is 2.31. The number of aliphatic hydroxyl groups is 1. The van der Waals surface area contributed by atoms with Crippen molar-refractivity contribution in [3.8, 4) is 5.75 Å². The van der Waals surface area contributed by atoms with Crippen molar-refractivity contribution in [3.05, 3.63) is 29.6 Å². The van der Waals surface area contributed by atoms with Crippen LogP contribution in [0.4, 0.5) is 4.39 Å². The highest BCUT2D eigenvalue weighted by Gasteiger charge is 2.35. The molecule has 1 aromatic carbocycles. The highest BCUT2D eigenvalue weighted by molar-refractivity contribution is 5.39. The van der Waals surface area contributed by atoms with Crippen molar-refractivity contribution < 1.29 is 14.2 Å². The van der Waals surface area contributed by atoms with Crippen LogP contribution in [-0.2, 0) is 6.42 Å². The molecule has 76 valence electrons. The molecule has 0 amide bonds. The van der Waals surface area contributed by atoms with E-state index in [9.17, 15) is 9.50 Å². The fourth-order valence-corrected chi connectivity index (χ4v) is 1.62. The van der Waals surface area contributed by atoms with E-state index in [4.69, 9.17) is 4.74 Å². The highest BCUT2D eigenvalue weighted by Crippen LogP contribution is 2.34. The lowest BCUT2D eigenvalue weighted by Gasteiger charge is -2.24. The standard InChI is InChI=1S/C11H13FO2/c1-11(2,13)10-6-7-8(12)4-3-5-9(7)14-10/h3-5,10,13H,6H2,1-2H3. The van der Waals surface area contributed by atoms with Crippen molar-refractivity contribution >= 4 is 0 Å². The molecule has 2 nitrogen and oxygen atoms in total. The summed E-state index contributed by atoms with van der Waals surface area (Å²) in [4.78, 5) is 0. The molecule has 1 atom stereocenters. The van der Waals surface area contributed by atoms with Gasteiger partial charge in [0.1, 0.15) is 17.7 Å². The van der Waals surface area contributed by atoms with Crippen LogP contribution in [0.2, 0.25) is 0 Å². The summed E-state index contributed by atoms with van der Waals surface area (Å²) >= 11 is 0. The first-order valence-electron chi connectivity index (χ1n) is 4.65. The van der Waals surface area contributed by atoms with Gasteiger partial charge in [-0.1, -0.05) is 6.07 Å². The average Bonchev–Trinajstić information content (AvgIpc) is 2.48. The number of halogens is 1. The molecule has 1 unspecified atom stereocenters. The topological polar surface area (TPSA) is 29.5 Å². The van der Waals surface area contributed by atoms with Gasteiger partial charge in [0.15, 0.2) is 0 Å². The van der Waals surface area contributed by atoms with Crippen LogP contribution in [0.3, 0.4) is 0 Å². The molecule has 1 heterocycles. The second kappa shape index (κ2) is 2.95. The van der Waals surface area contributed by atoms with E-state index in [1.807, 2.05) is 0 Å². The van der Waals surface area contributed by atoms with Crippen LogP contribution in [0.25, 0.3) is 0 Å². The number of benzene rings is 1. The number of fused-ring (bicyclic) bond motifs is 1. The van der Waals surface area contributed by atoms with Gasteiger partial charge in [-0.05, 0) is 26.0 Å². The van der Waals surface area contributed by atoms with Crippen LogP contribution < -0.4 is 4.74 Å². The first-order chi connectivity index (χ1) is 6.48. The predicted octanol–water partition coefficient (Wildman–Crippen LogP) is 1.90. The first kappa shape index (κ1) is 9.46. The number of hydrogen-bond acceptors (Lipinski definition) is 2. The third-order valence-corrected chi connectivity index (χ3v) is 2.52. The summed E-state index contributed by atoms with van der Waals surface area (Å²) in [5, 5.41) is 9.73. The Morgan fingerprint density at radius 2 is 2.21 bits per heavy atom. The molecule has 1 aliphatic heterocycles. The van der Waals surface area contributed by atoms with E-state index < -0.39 is 5.60 Å². The zero-order chi connectivity index (χ0) is 10.3. The van der Waals surface area contributed by atoms with Gasteiger partial charge in [0, 0.05) is 12.0 Å². The van der Waals surface area contributed by atoms with Gasteiger partial charge in [-0.3, -0.25) is 0 Å². The van der Waals surface area contributed by atoms with E-state index in [-0.39, 0.29) is 11.9 Å². The molecule has 2 rings (SSSR count). The Hall–Kier alpha value is -1.09. The second-order valence-corrected chi connectivity index (χ2v) is 4.18. The van der Waals surface area contributed by atoms with Crippen LogP contribution in [0.1, 0.15) is 19.4 Å². The second-order valence-electron chi connectivity index (χ2n) is 4.18. The average molecular weight is 196 g/mol. The number of ether oxygens (including phenoxy) is 1. The van der Waals surface area contributed by atoms with Crippen LogP contribution in [0, 0.1) is 5.82 Å². The van der Waals surface area contributed by atoms with Gasteiger partial charge in [-0.2, -0.15) is 0 Å². The Kier molecular flexibility index (Phi) is 2.00. The Bertz CT molecular complexity index is 355. The van der Waals surface area contributed by atoms with E-state index in [0.29, 0.717) is 17.7 Å². The monoisotopic (exact) mass is 196 g/mol. The number of hydrogen-bond donors (Lipinski definition) is 1. The molecule has 0 fully saturated rings. The van der Waals surface area contributed by atoms with E-state index in [2.05, 4.69) is 0 Å². The lowest BCUT2D eigenvalue weighted by Crippen LogP contribution is -2.39. The maximum absolute atomic E-state index is 13.3. The minimum atomic E-state index is -0.939. The van der Waals surface area contributed by atoms with Gasteiger partial charge in [-0.15, -0.1) is 0 Å². The molecule has 3 heteroatoms. The fraction of sp³-hybridized carbons (Fsp3) is 0.455. The molecule has 0 aliphatic carbocycles. The molecular formula is C11H13FO2. The summed E-state index contributed by atoms with van der Waals surface area (Å²) < 4.78 is 18.8. The minimum Gasteiger partial charge on any atom is -0.487 e. The van der Waals surface area contributed by atoms with Gasteiger partial charge in [0.25, 0.3) is 0 Å². The van der Waals surface area contributed by atoms with Gasteiger partial charge in [-0.25, -0.2) is 4.39 Å². The first-order valence-corrected chi connectivity index (χ1v) is 4.65. The summed E-state index contributed by atoms with van der Waals surface area (Å²) in [7, 11) is 0. The maximum atomic E-state index is 13.3.